The number of aryl methyl sites for hydroxylation is 1. The Hall–Kier alpha value is -0.750. The lowest BCUT2D eigenvalue weighted by Crippen LogP contribution is -2.31. The maximum absolute atomic E-state index is 4.60. The molecule has 0 aliphatic carbocycles. The molecular formula is C18H24BrN3S. The summed E-state index contributed by atoms with van der Waals surface area (Å²) < 4.78 is 1.18. The molecule has 3 rings (SSSR count). The van der Waals surface area contributed by atoms with E-state index in [2.05, 4.69) is 67.3 Å². The normalized spacial score (nSPS) is 17.3. The average Bonchev–Trinajstić information content (AvgIpc) is 2.80. The molecule has 0 spiro atoms. The summed E-state index contributed by atoms with van der Waals surface area (Å²) in [6, 6.07) is 8.67. The Balaban J connectivity index is 1.46. The van der Waals surface area contributed by atoms with Crippen LogP contribution in [-0.4, -0.2) is 47.5 Å². The Morgan fingerprint density at radius 3 is 2.78 bits per heavy atom. The topological polar surface area (TPSA) is 19.4 Å². The molecule has 5 heteroatoms. The average molecular weight is 394 g/mol. The van der Waals surface area contributed by atoms with E-state index in [4.69, 9.17) is 0 Å². The summed E-state index contributed by atoms with van der Waals surface area (Å²) in [4.78, 5) is 9.75. The van der Waals surface area contributed by atoms with Crippen LogP contribution in [0.1, 0.15) is 22.7 Å². The highest BCUT2D eigenvalue weighted by Crippen LogP contribution is 2.14. The van der Waals surface area contributed by atoms with Gasteiger partial charge in [0.2, 0.25) is 0 Å². The van der Waals surface area contributed by atoms with Crippen molar-refractivity contribution in [2.24, 2.45) is 0 Å². The van der Waals surface area contributed by atoms with Crippen LogP contribution >= 0.6 is 27.3 Å². The summed E-state index contributed by atoms with van der Waals surface area (Å²) in [7, 11) is 0. The molecule has 0 radical (unpaired) electrons. The molecular weight excluding hydrogens is 370 g/mol. The molecule has 0 atom stereocenters. The quantitative estimate of drug-likeness (QED) is 0.765. The zero-order valence-electron chi connectivity index (χ0n) is 13.7. The fraction of sp³-hybridized carbons (Fsp3) is 0.500. The molecule has 0 unspecified atom stereocenters. The third-order valence-electron chi connectivity index (χ3n) is 4.34. The molecule has 1 aromatic carbocycles. The van der Waals surface area contributed by atoms with Gasteiger partial charge in [0.25, 0.3) is 0 Å². The summed E-state index contributed by atoms with van der Waals surface area (Å²) >= 11 is 5.31. The largest absolute Gasteiger partial charge is 0.302 e. The van der Waals surface area contributed by atoms with Gasteiger partial charge in [-0.3, -0.25) is 4.90 Å². The highest BCUT2D eigenvalue weighted by atomic mass is 79.9. The first-order valence-corrected chi connectivity index (χ1v) is 9.96. The zero-order valence-corrected chi connectivity index (χ0v) is 16.1. The Kier molecular flexibility index (Phi) is 6.22. The van der Waals surface area contributed by atoms with Crippen LogP contribution in [0.4, 0.5) is 0 Å². The third kappa shape index (κ3) is 5.38. The van der Waals surface area contributed by atoms with E-state index in [9.17, 15) is 0 Å². The Bertz CT molecular complexity index is 628. The van der Waals surface area contributed by atoms with Gasteiger partial charge in [0.1, 0.15) is 0 Å². The van der Waals surface area contributed by atoms with Gasteiger partial charge in [-0.05, 0) is 50.6 Å². The molecule has 1 aliphatic heterocycles. The van der Waals surface area contributed by atoms with E-state index in [0.29, 0.717) is 0 Å². The van der Waals surface area contributed by atoms with Gasteiger partial charge in [-0.25, -0.2) is 4.98 Å². The van der Waals surface area contributed by atoms with Crippen molar-refractivity contribution < 1.29 is 0 Å². The van der Waals surface area contributed by atoms with Gasteiger partial charge in [-0.1, -0.05) is 28.1 Å². The fourth-order valence-electron chi connectivity index (χ4n) is 3.10. The molecule has 1 saturated heterocycles. The van der Waals surface area contributed by atoms with Crippen LogP contribution in [0.25, 0.3) is 0 Å². The van der Waals surface area contributed by atoms with Gasteiger partial charge in [0, 0.05) is 36.0 Å². The van der Waals surface area contributed by atoms with E-state index in [-0.39, 0.29) is 0 Å². The van der Waals surface area contributed by atoms with Gasteiger partial charge in [0.15, 0.2) is 0 Å². The van der Waals surface area contributed by atoms with E-state index >= 15 is 0 Å². The second-order valence-corrected chi connectivity index (χ2v) is 8.19. The lowest BCUT2D eigenvalue weighted by molar-refractivity contribution is 0.251. The molecule has 0 saturated carbocycles. The van der Waals surface area contributed by atoms with E-state index in [1.807, 2.05) is 0 Å². The van der Waals surface area contributed by atoms with Gasteiger partial charge < -0.3 is 4.90 Å². The van der Waals surface area contributed by atoms with Crippen molar-refractivity contribution in [2.75, 3.05) is 32.7 Å². The van der Waals surface area contributed by atoms with Crippen LogP contribution in [0.15, 0.2) is 34.1 Å². The molecule has 2 aromatic rings. The van der Waals surface area contributed by atoms with Crippen molar-refractivity contribution in [1.29, 1.82) is 0 Å². The minimum Gasteiger partial charge on any atom is -0.302 e. The fourth-order valence-corrected chi connectivity index (χ4v) is 4.15. The van der Waals surface area contributed by atoms with Crippen molar-refractivity contribution in [3.63, 3.8) is 0 Å². The van der Waals surface area contributed by atoms with Crippen LogP contribution < -0.4 is 0 Å². The number of thiazole rings is 1. The molecule has 1 aliphatic rings. The summed E-state index contributed by atoms with van der Waals surface area (Å²) in [6.07, 6.45) is 2.38. The van der Waals surface area contributed by atoms with Gasteiger partial charge in [-0.2, -0.15) is 0 Å². The Morgan fingerprint density at radius 2 is 2.00 bits per heavy atom. The number of hydrogen-bond donors (Lipinski definition) is 0. The first-order valence-electron chi connectivity index (χ1n) is 8.29. The highest BCUT2D eigenvalue weighted by molar-refractivity contribution is 9.10. The predicted octanol–water partition coefficient (Wildman–Crippen LogP) is 3.96. The number of nitrogens with zero attached hydrogens (tertiary/aromatic N) is 3. The van der Waals surface area contributed by atoms with Crippen molar-refractivity contribution in [3.8, 4) is 0 Å². The first kappa shape index (κ1) is 17.1. The minimum atomic E-state index is 1.00. The zero-order chi connectivity index (χ0) is 16.1. The lowest BCUT2D eigenvalue weighted by Gasteiger charge is -2.21. The molecule has 1 aromatic heterocycles. The maximum Gasteiger partial charge on any atom is 0.0897 e. The van der Waals surface area contributed by atoms with Gasteiger partial charge in [0.05, 0.1) is 10.7 Å². The van der Waals surface area contributed by atoms with Crippen molar-refractivity contribution >= 4 is 27.3 Å². The van der Waals surface area contributed by atoms with Crippen LogP contribution in [0.3, 0.4) is 0 Å². The summed E-state index contributed by atoms with van der Waals surface area (Å²) in [5, 5.41) is 3.37. The number of hydrogen-bond acceptors (Lipinski definition) is 4. The molecule has 1 fully saturated rings. The molecule has 0 bridgehead atoms. The van der Waals surface area contributed by atoms with Gasteiger partial charge in [-0.15, -0.1) is 11.3 Å². The lowest BCUT2D eigenvalue weighted by atomic mass is 10.1. The smallest absolute Gasteiger partial charge is 0.0897 e. The predicted molar refractivity (Wildman–Crippen MR) is 101 cm³/mol. The van der Waals surface area contributed by atoms with Crippen molar-refractivity contribution in [1.82, 2.24) is 14.8 Å². The highest BCUT2D eigenvalue weighted by Gasteiger charge is 2.15. The van der Waals surface area contributed by atoms with Crippen LogP contribution in [-0.2, 0) is 13.0 Å². The molecule has 124 valence electrons. The number of rotatable bonds is 5. The number of benzene rings is 1. The van der Waals surface area contributed by atoms with Crippen molar-refractivity contribution in [2.45, 2.75) is 26.3 Å². The summed E-state index contributed by atoms with van der Waals surface area (Å²) in [6.45, 7) is 8.95. The summed E-state index contributed by atoms with van der Waals surface area (Å²) in [5.74, 6) is 0. The first-order chi connectivity index (χ1) is 11.2. The van der Waals surface area contributed by atoms with Crippen LogP contribution in [0.5, 0.6) is 0 Å². The Labute approximate surface area is 151 Å². The number of aromatic nitrogens is 1. The number of halogens is 1. The monoisotopic (exact) mass is 393 g/mol. The molecule has 0 amide bonds. The van der Waals surface area contributed by atoms with Crippen molar-refractivity contribution in [3.05, 3.63) is 50.4 Å². The Morgan fingerprint density at radius 1 is 1.17 bits per heavy atom. The van der Waals surface area contributed by atoms with Crippen LogP contribution in [0.2, 0.25) is 0 Å². The van der Waals surface area contributed by atoms with E-state index < -0.39 is 0 Å². The van der Waals surface area contributed by atoms with E-state index in [0.717, 1.165) is 32.6 Å². The molecule has 0 N–H and O–H groups in total. The molecule has 3 nitrogen and oxygen atoms in total. The second kappa shape index (κ2) is 8.38. The van der Waals surface area contributed by atoms with Crippen LogP contribution in [0, 0.1) is 6.92 Å². The maximum atomic E-state index is 4.60. The molecule has 2 heterocycles. The van der Waals surface area contributed by atoms with E-state index in [1.165, 1.54) is 40.2 Å². The minimum absolute atomic E-state index is 1.00. The molecule has 23 heavy (non-hydrogen) atoms. The SMILES string of the molecule is Cc1nc(CN2CCCN(CCc3cccc(Br)c3)CC2)cs1. The van der Waals surface area contributed by atoms with Gasteiger partial charge >= 0.3 is 0 Å². The standard InChI is InChI=1S/C18H24BrN3S/c1-15-20-18(14-23-15)13-22-8-3-7-21(10-11-22)9-6-16-4-2-5-17(19)12-16/h2,4-5,12,14H,3,6-11,13H2,1H3. The van der Waals surface area contributed by atoms with E-state index in [1.54, 1.807) is 11.3 Å². The summed E-state index contributed by atoms with van der Waals surface area (Å²) in [5.41, 5.74) is 2.65. The third-order valence-corrected chi connectivity index (χ3v) is 5.65. The second-order valence-electron chi connectivity index (χ2n) is 6.21.